The molecule has 9 aromatic rings. The van der Waals surface area contributed by atoms with E-state index < -0.39 is 5.41 Å². The van der Waals surface area contributed by atoms with Crippen LogP contribution in [0.2, 0.25) is 0 Å². The highest BCUT2D eigenvalue weighted by Gasteiger charge is 2.46. The quantitative estimate of drug-likeness (QED) is 0.185. The van der Waals surface area contributed by atoms with Crippen molar-refractivity contribution in [2.45, 2.75) is 5.41 Å². The van der Waals surface area contributed by atoms with Crippen LogP contribution in [0.1, 0.15) is 22.3 Å². The van der Waals surface area contributed by atoms with Crippen molar-refractivity contribution < 1.29 is 0 Å². The molecule has 0 saturated heterocycles. The van der Waals surface area contributed by atoms with Gasteiger partial charge in [-0.3, -0.25) is 4.98 Å². The first-order chi connectivity index (χ1) is 25.2. The molecule has 0 radical (unpaired) electrons. The van der Waals surface area contributed by atoms with E-state index in [0.717, 1.165) is 38.9 Å². The first-order valence-electron chi connectivity index (χ1n) is 17.5. The number of rotatable bonds is 5. The molecule has 10 rings (SSSR count). The molecule has 3 heteroatoms. The highest BCUT2D eigenvalue weighted by molar-refractivity contribution is 6.02. The van der Waals surface area contributed by atoms with Crippen molar-refractivity contribution in [3.05, 3.63) is 204 Å². The molecule has 0 N–H and O–H groups in total. The number of hydrogen-bond acceptors (Lipinski definition) is 2. The predicted molar refractivity (Wildman–Crippen MR) is 210 cm³/mol. The molecule has 2 aromatic heterocycles. The van der Waals surface area contributed by atoms with E-state index in [0.29, 0.717) is 0 Å². The summed E-state index contributed by atoms with van der Waals surface area (Å²) in [5.41, 5.74) is 16.0. The van der Waals surface area contributed by atoms with Crippen LogP contribution in [-0.2, 0) is 12.5 Å². The minimum absolute atomic E-state index is 0.491. The lowest BCUT2D eigenvalue weighted by molar-refractivity contribution is 0.769. The maximum atomic E-state index is 4.99. The van der Waals surface area contributed by atoms with Gasteiger partial charge in [-0.05, 0) is 92.0 Å². The standard InChI is InChI=1S/C48H33N3/c1-51-46-24-11-10-22-45(46)50-47(51)33-27-25-32(26-28-33)39-30-41-37-18-8-9-21-42(37)48(34-14-4-2-5-15-34,35-16-6-3-7-17-35)43(41)31-40(39)36-19-12-23-44-38(36)20-13-29-49-44/h2-31H,1H3. The van der Waals surface area contributed by atoms with Crippen LogP contribution in [0, 0.1) is 0 Å². The summed E-state index contributed by atoms with van der Waals surface area (Å²) in [6.45, 7) is 0. The van der Waals surface area contributed by atoms with Crippen LogP contribution in [-0.4, -0.2) is 14.5 Å². The number of pyridine rings is 1. The molecule has 3 nitrogen and oxygen atoms in total. The summed E-state index contributed by atoms with van der Waals surface area (Å²) >= 11 is 0. The van der Waals surface area contributed by atoms with Crippen LogP contribution in [0.3, 0.4) is 0 Å². The fraction of sp³-hybridized carbons (Fsp3) is 0.0417. The highest BCUT2D eigenvalue weighted by Crippen LogP contribution is 2.58. The Bertz CT molecular complexity index is 2700. The fourth-order valence-electron chi connectivity index (χ4n) is 8.49. The van der Waals surface area contributed by atoms with Crippen molar-refractivity contribution in [1.82, 2.24) is 14.5 Å². The summed E-state index contributed by atoms with van der Waals surface area (Å²) in [5, 5.41) is 1.14. The molecule has 51 heavy (non-hydrogen) atoms. The Morgan fingerprint density at radius 2 is 1.10 bits per heavy atom. The van der Waals surface area contributed by atoms with Gasteiger partial charge in [0.25, 0.3) is 0 Å². The second kappa shape index (κ2) is 11.5. The third-order valence-electron chi connectivity index (χ3n) is 10.8. The summed E-state index contributed by atoms with van der Waals surface area (Å²) in [4.78, 5) is 9.75. The topological polar surface area (TPSA) is 30.7 Å². The lowest BCUT2D eigenvalue weighted by Gasteiger charge is -2.34. The van der Waals surface area contributed by atoms with Gasteiger partial charge in [0, 0.05) is 24.2 Å². The Kier molecular flexibility index (Phi) is 6.62. The molecule has 7 aromatic carbocycles. The zero-order valence-corrected chi connectivity index (χ0v) is 28.2. The van der Waals surface area contributed by atoms with Crippen molar-refractivity contribution in [2.24, 2.45) is 7.05 Å². The van der Waals surface area contributed by atoms with Crippen LogP contribution >= 0.6 is 0 Å². The predicted octanol–water partition coefficient (Wildman–Crippen LogP) is 11.5. The second-order valence-electron chi connectivity index (χ2n) is 13.4. The van der Waals surface area contributed by atoms with Crippen molar-refractivity contribution >= 4 is 21.9 Å². The number of aromatic nitrogens is 3. The van der Waals surface area contributed by atoms with Gasteiger partial charge < -0.3 is 4.57 Å². The molecule has 0 spiro atoms. The zero-order chi connectivity index (χ0) is 33.9. The molecule has 1 aliphatic rings. The summed E-state index contributed by atoms with van der Waals surface area (Å²) in [6.07, 6.45) is 1.88. The van der Waals surface area contributed by atoms with E-state index in [4.69, 9.17) is 9.97 Å². The molecule has 0 fully saturated rings. The monoisotopic (exact) mass is 651 g/mol. The lowest BCUT2D eigenvalue weighted by Crippen LogP contribution is -2.28. The summed E-state index contributed by atoms with van der Waals surface area (Å²) in [6, 6.07) is 63.9. The summed E-state index contributed by atoms with van der Waals surface area (Å²) < 4.78 is 2.18. The van der Waals surface area contributed by atoms with E-state index in [2.05, 4.69) is 175 Å². The minimum atomic E-state index is -0.491. The molecule has 0 unspecified atom stereocenters. The Morgan fingerprint density at radius 3 is 1.86 bits per heavy atom. The van der Waals surface area contributed by atoms with Gasteiger partial charge in [0.05, 0.1) is 22.0 Å². The third-order valence-corrected chi connectivity index (χ3v) is 10.8. The van der Waals surface area contributed by atoms with Gasteiger partial charge in [0.15, 0.2) is 0 Å². The normalized spacial score (nSPS) is 13.0. The summed E-state index contributed by atoms with van der Waals surface area (Å²) in [5.74, 6) is 0.960. The van der Waals surface area contributed by atoms with Gasteiger partial charge in [-0.1, -0.05) is 140 Å². The molecule has 0 atom stereocenters. The summed E-state index contributed by atoms with van der Waals surface area (Å²) in [7, 11) is 2.09. The van der Waals surface area contributed by atoms with Gasteiger partial charge >= 0.3 is 0 Å². The fourth-order valence-corrected chi connectivity index (χ4v) is 8.49. The first-order valence-corrected chi connectivity index (χ1v) is 17.5. The van der Waals surface area contributed by atoms with Crippen LogP contribution in [0.5, 0.6) is 0 Å². The zero-order valence-electron chi connectivity index (χ0n) is 28.2. The molecule has 2 heterocycles. The Balaban J connectivity index is 1.27. The minimum Gasteiger partial charge on any atom is -0.327 e. The Hall–Kier alpha value is -6.58. The molecule has 240 valence electrons. The van der Waals surface area contributed by atoms with Crippen molar-refractivity contribution in [1.29, 1.82) is 0 Å². The second-order valence-corrected chi connectivity index (χ2v) is 13.4. The van der Waals surface area contributed by atoms with Crippen LogP contribution in [0.25, 0.3) is 66.7 Å². The van der Waals surface area contributed by atoms with Gasteiger partial charge in [-0.2, -0.15) is 0 Å². The van der Waals surface area contributed by atoms with Crippen LogP contribution < -0.4 is 0 Å². The average Bonchev–Trinajstić information content (AvgIpc) is 3.70. The smallest absolute Gasteiger partial charge is 0.140 e. The maximum absolute atomic E-state index is 4.99. The van der Waals surface area contributed by atoms with Crippen molar-refractivity contribution in [2.75, 3.05) is 0 Å². The van der Waals surface area contributed by atoms with E-state index in [1.54, 1.807) is 0 Å². The van der Waals surface area contributed by atoms with E-state index in [9.17, 15) is 0 Å². The number of nitrogens with zero attached hydrogens (tertiary/aromatic N) is 3. The lowest BCUT2D eigenvalue weighted by atomic mass is 9.67. The number of benzene rings is 7. The van der Waals surface area contributed by atoms with E-state index in [1.807, 2.05) is 18.3 Å². The molecule has 1 aliphatic carbocycles. The maximum Gasteiger partial charge on any atom is 0.140 e. The van der Waals surface area contributed by atoms with E-state index >= 15 is 0 Å². The van der Waals surface area contributed by atoms with E-state index in [1.165, 1.54) is 50.1 Å². The number of imidazole rings is 1. The van der Waals surface area contributed by atoms with Crippen LogP contribution in [0.15, 0.2) is 182 Å². The first kappa shape index (κ1) is 29.3. The molecule has 0 amide bonds. The number of para-hydroxylation sites is 2. The molecular weight excluding hydrogens is 619 g/mol. The van der Waals surface area contributed by atoms with Crippen molar-refractivity contribution in [3.63, 3.8) is 0 Å². The molecular formula is C48H33N3. The third kappa shape index (κ3) is 4.38. The van der Waals surface area contributed by atoms with Crippen LogP contribution in [0.4, 0.5) is 0 Å². The SMILES string of the molecule is Cn1c(-c2ccc(-c3cc4c(cc3-c3cccc5ncccc35)C(c3ccccc3)(c3ccccc3)c3ccccc3-4)cc2)nc2ccccc21. The molecule has 0 aliphatic heterocycles. The highest BCUT2D eigenvalue weighted by atomic mass is 15.1. The molecule has 0 bridgehead atoms. The largest absolute Gasteiger partial charge is 0.327 e. The Labute approximate surface area is 297 Å². The number of hydrogen-bond donors (Lipinski definition) is 0. The van der Waals surface area contributed by atoms with Gasteiger partial charge in [-0.25, -0.2) is 4.98 Å². The Morgan fingerprint density at radius 1 is 0.451 bits per heavy atom. The molecule has 0 saturated carbocycles. The van der Waals surface area contributed by atoms with Gasteiger partial charge in [0.2, 0.25) is 0 Å². The van der Waals surface area contributed by atoms with Gasteiger partial charge in [0.1, 0.15) is 5.82 Å². The number of aryl methyl sites for hydroxylation is 1. The van der Waals surface area contributed by atoms with E-state index in [-0.39, 0.29) is 0 Å². The number of fused-ring (bicyclic) bond motifs is 5. The van der Waals surface area contributed by atoms with Crippen molar-refractivity contribution in [3.8, 4) is 44.8 Å². The van der Waals surface area contributed by atoms with Gasteiger partial charge in [-0.15, -0.1) is 0 Å². The average molecular weight is 652 g/mol.